The summed E-state index contributed by atoms with van der Waals surface area (Å²) >= 11 is 6.26. The Kier molecular flexibility index (Phi) is 9.41. The van der Waals surface area contributed by atoms with Gasteiger partial charge in [0.25, 0.3) is 0 Å². The number of nitrogens with one attached hydrogen (secondary N) is 1. The number of fused-ring (bicyclic) bond motifs is 1. The van der Waals surface area contributed by atoms with E-state index in [1.165, 1.54) is 0 Å². The zero-order valence-corrected chi connectivity index (χ0v) is 19.6. The Labute approximate surface area is 193 Å². The predicted molar refractivity (Wildman–Crippen MR) is 123 cm³/mol. The molecule has 0 aromatic heterocycles. The van der Waals surface area contributed by atoms with Crippen LogP contribution in [0.1, 0.15) is 25.3 Å². The van der Waals surface area contributed by atoms with Crippen molar-refractivity contribution in [2.75, 3.05) is 39.5 Å². The molecule has 8 nitrogen and oxygen atoms in total. The second-order valence-corrected chi connectivity index (χ2v) is 7.13. The second kappa shape index (κ2) is 11.5. The smallest absolute Gasteiger partial charge is 0.409 e. The molecule has 2 aliphatic rings. The van der Waals surface area contributed by atoms with Crippen molar-refractivity contribution in [1.29, 1.82) is 0 Å². The summed E-state index contributed by atoms with van der Waals surface area (Å²) in [5.41, 5.74) is 7.04. The molecule has 0 atom stereocenters. The first-order valence-electron chi connectivity index (χ1n) is 9.63. The molecule has 3 rings (SSSR count). The number of ether oxygens (including phenoxy) is 3. The van der Waals surface area contributed by atoms with E-state index in [2.05, 4.69) is 10.3 Å². The molecule has 2 heterocycles. The number of hydrogen-bond acceptors (Lipinski definition) is 5. The van der Waals surface area contributed by atoms with Gasteiger partial charge in [0.05, 0.1) is 11.6 Å². The number of carbonyl (C=O) groups is 1. The largest absolute Gasteiger partial charge is 0.486 e. The van der Waals surface area contributed by atoms with Crippen LogP contribution in [0.2, 0.25) is 5.02 Å². The van der Waals surface area contributed by atoms with Crippen LogP contribution in [0, 0.1) is 0 Å². The van der Waals surface area contributed by atoms with E-state index in [1.54, 1.807) is 4.90 Å². The van der Waals surface area contributed by atoms with Crippen LogP contribution in [0.15, 0.2) is 17.1 Å². The van der Waals surface area contributed by atoms with Gasteiger partial charge < -0.3 is 30.2 Å². The summed E-state index contributed by atoms with van der Waals surface area (Å²) in [5, 5.41) is 3.79. The summed E-state index contributed by atoms with van der Waals surface area (Å²) in [6, 6.07) is 4.02. The topological polar surface area (TPSA) is 98.4 Å². The minimum Gasteiger partial charge on any atom is -0.486 e. The van der Waals surface area contributed by atoms with Gasteiger partial charge in [-0.2, -0.15) is 0 Å². The fraction of sp³-hybridized carbons (Fsp3) is 0.579. The number of rotatable bonds is 5. The van der Waals surface area contributed by atoms with Crippen molar-refractivity contribution in [3.63, 3.8) is 0 Å². The van der Waals surface area contributed by atoms with Gasteiger partial charge in [-0.25, -0.2) is 4.79 Å². The fourth-order valence-corrected chi connectivity index (χ4v) is 3.58. The number of amides is 1. The molecule has 0 aliphatic carbocycles. The number of hydrogen-bond donors (Lipinski definition) is 2. The molecular formula is C19H28ClIN4O4. The zero-order chi connectivity index (χ0) is 19.9. The Bertz CT molecular complexity index is 726. The standard InChI is InChI=1S/C19H27ClN4O4.HI/c1-2-26-19(25)24-7-4-14(5-8-24)23-18(21)22-6-3-13-11-15(20)17-16(12-13)27-9-10-28-17;/h11-12,14H,2-10H2,1H3,(H3,21,22,23);1H. The first-order valence-corrected chi connectivity index (χ1v) is 10.0. The maximum Gasteiger partial charge on any atom is 0.409 e. The lowest BCUT2D eigenvalue weighted by Crippen LogP contribution is -2.48. The Morgan fingerprint density at radius 2 is 2.07 bits per heavy atom. The molecule has 162 valence electrons. The molecule has 0 radical (unpaired) electrons. The van der Waals surface area contributed by atoms with E-state index >= 15 is 0 Å². The first kappa shape index (κ1) is 23.7. The average Bonchev–Trinajstić information content (AvgIpc) is 2.69. The minimum absolute atomic E-state index is 0. The molecule has 0 spiro atoms. The maximum atomic E-state index is 11.7. The molecule has 0 saturated carbocycles. The van der Waals surface area contributed by atoms with Crippen LogP contribution in [0.4, 0.5) is 4.79 Å². The molecule has 1 amide bonds. The summed E-state index contributed by atoms with van der Waals surface area (Å²) < 4.78 is 16.1. The molecule has 1 aromatic carbocycles. The summed E-state index contributed by atoms with van der Waals surface area (Å²) in [6.07, 6.45) is 2.07. The first-order chi connectivity index (χ1) is 13.6. The molecule has 1 fully saturated rings. The van der Waals surface area contributed by atoms with E-state index in [-0.39, 0.29) is 36.1 Å². The lowest BCUT2D eigenvalue weighted by atomic mass is 10.1. The number of piperidine rings is 1. The normalized spacial score (nSPS) is 16.8. The molecule has 1 aromatic rings. The van der Waals surface area contributed by atoms with Crippen molar-refractivity contribution < 1.29 is 19.0 Å². The number of nitrogens with zero attached hydrogens (tertiary/aromatic N) is 2. The highest BCUT2D eigenvalue weighted by Crippen LogP contribution is 2.38. The van der Waals surface area contributed by atoms with Crippen molar-refractivity contribution in [1.82, 2.24) is 10.2 Å². The number of aliphatic imine (C=N–C) groups is 1. The third kappa shape index (κ3) is 6.70. The van der Waals surface area contributed by atoms with E-state index in [4.69, 9.17) is 31.5 Å². The highest BCUT2D eigenvalue weighted by atomic mass is 127. The van der Waals surface area contributed by atoms with Crippen LogP contribution in [-0.2, 0) is 11.2 Å². The van der Waals surface area contributed by atoms with E-state index in [0.29, 0.717) is 68.4 Å². The van der Waals surface area contributed by atoms with Crippen LogP contribution in [-0.4, -0.2) is 62.4 Å². The molecule has 1 saturated heterocycles. The van der Waals surface area contributed by atoms with Crippen LogP contribution < -0.4 is 20.5 Å². The summed E-state index contributed by atoms with van der Waals surface area (Å²) in [4.78, 5) is 17.9. The molecule has 0 unspecified atom stereocenters. The number of halogens is 2. The van der Waals surface area contributed by atoms with Gasteiger partial charge in [-0.1, -0.05) is 11.6 Å². The number of guanidine groups is 1. The zero-order valence-electron chi connectivity index (χ0n) is 16.5. The third-order valence-corrected chi connectivity index (χ3v) is 4.99. The van der Waals surface area contributed by atoms with Crippen molar-refractivity contribution in [3.05, 3.63) is 22.7 Å². The minimum atomic E-state index is -0.249. The molecule has 2 aliphatic heterocycles. The number of benzene rings is 1. The van der Waals surface area contributed by atoms with Gasteiger partial charge in [0.2, 0.25) is 0 Å². The Balaban J connectivity index is 0.00000300. The van der Waals surface area contributed by atoms with Crippen molar-refractivity contribution in [2.45, 2.75) is 32.2 Å². The average molecular weight is 539 g/mol. The highest BCUT2D eigenvalue weighted by molar-refractivity contribution is 14.0. The van der Waals surface area contributed by atoms with Crippen molar-refractivity contribution in [3.8, 4) is 11.5 Å². The van der Waals surface area contributed by atoms with E-state index < -0.39 is 0 Å². The van der Waals surface area contributed by atoms with E-state index in [9.17, 15) is 4.79 Å². The summed E-state index contributed by atoms with van der Waals surface area (Å²) in [6.45, 7) is 5.08. The van der Waals surface area contributed by atoms with Crippen LogP contribution >= 0.6 is 35.6 Å². The molecule has 3 N–H and O–H groups in total. The maximum absolute atomic E-state index is 11.7. The van der Waals surface area contributed by atoms with Crippen LogP contribution in [0.3, 0.4) is 0 Å². The fourth-order valence-electron chi connectivity index (χ4n) is 3.29. The third-order valence-electron chi connectivity index (χ3n) is 4.71. The SMILES string of the molecule is CCOC(=O)N1CCC(NC(N)=NCCc2cc(Cl)c3c(c2)OCCO3)CC1.I. The van der Waals surface area contributed by atoms with Gasteiger partial charge in [-0.15, -0.1) is 24.0 Å². The Morgan fingerprint density at radius 3 is 2.79 bits per heavy atom. The van der Waals surface area contributed by atoms with Crippen LogP contribution in [0.25, 0.3) is 0 Å². The lowest BCUT2D eigenvalue weighted by molar-refractivity contribution is 0.0963. The second-order valence-electron chi connectivity index (χ2n) is 6.72. The molecular weight excluding hydrogens is 511 g/mol. The monoisotopic (exact) mass is 538 g/mol. The van der Waals surface area contributed by atoms with Gasteiger partial charge in [-0.05, 0) is 43.9 Å². The Hall–Kier alpha value is -1.62. The molecule has 10 heteroatoms. The summed E-state index contributed by atoms with van der Waals surface area (Å²) in [5.74, 6) is 1.70. The van der Waals surface area contributed by atoms with Crippen molar-refractivity contribution in [2.24, 2.45) is 10.7 Å². The summed E-state index contributed by atoms with van der Waals surface area (Å²) in [7, 11) is 0. The van der Waals surface area contributed by atoms with Gasteiger partial charge in [0, 0.05) is 25.7 Å². The van der Waals surface area contributed by atoms with Gasteiger partial charge in [0.15, 0.2) is 17.5 Å². The molecule has 29 heavy (non-hydrogen) atoms. The van der Waals surface area contributed by atoms with Gasteiger partial charge in [-0.3, -0.25) is 4.99 Å². The Morgan fingerprint density at radius 1 is 1.34 bits per heavy atom. The quantitative estimate of drug-likeness (QED) is 0.340. The highest BCUT2D eigenvalue weighted by Gasteiger charge is 2.23. The van der Waals surface area contributed by atoms with Crippen molar-refractivity contribution >= 4 is 47.6 Å². The number of likely N-dealkylation sites (tertiary alicyclic amines) is 1. The van der Waals surface area contributed by atoms with E-state index in [0.717, 1.165) is 18.4 Å². The predicted octanol–water partition coefficient (Wildman–Crippen LogP) is 2.80. The lowest BCUT2D eigenvalue weighted by Gasteiger charge is -2.31. The molecule has 0 bridgehead atoms. The number of carbonyl (C=O) groups excluding carboxylic acids is 1. The number of nitrogens with two attached hydrogens (primary N) is 1. The van der Waals surface area contributed by atoms with Gasteiger partial charge in [0.1, 0.15) is 13.2 Å². The van der Waals surface area contributed by atoms with Gasteiger partial charge >= 0.3 is 6.09 Å². The van der Waals surface area contributed by atoms with E-state index in [1.807, 2.05) is 19.1 Å². The van der Waals surface area contributed by atoms with Crippen LogP contribution in [0.5, 0.6) is 11.5 Å².